The van der Waals surface area contributed by atoms with Gasteiger partial charge < -0.3 is 14.2 Å². The van der Waals surface area contributed by atoms with E-state index in [9.17, 15) is 14.4 Å². The number of hydrogen-bond donors (Lipinski definition) is 0. The van der Waals surface area contributed by atoms with Crippen molar-refractivity contribution in [3.05, 3.63) is 109 Å². The van der Waals surface area contributed by atoms with Crippen molar-refractivity contribution in [2.24, 2.45) is 0 Å². The highest BCUT2D eigenvalue weighted by Crippen LogP contribution is 2.36. The van der Waals surface area contributed by atoms with Gasteiger partial charge in [0.05, 0.1) is 6.61 Å². The number of benzene rings is 3. The van der Waals surface area contributed by atoms with Crippen molar-refractivity contribution in [2.45, 2.75) is 27.2 Å². The Hall–Kier alpha value is -4.78. The summed E-state index contributed by atoms with van der Waals surface area (Å²) in [5, 5.41) is 0. The summed E-state index contributed by atoms with van der Waals surface area (Å²) in [6.45, 7) is 15.5. The van der Waals surface area contributed by atoms with E-state index >= 15 is 4.39 Å². The molecule has 0 amide bonds. The molecule has 0 heterocycles. The van der Waals surface area contributed by atoms with Crippen LogP contribution in [0, 0.1) is 5.82 Å². The maximum Gasteiger partial charge on any atom is 0.338 e. The molecule has 0 spiro atoms. The molecule has 0 atom stereocenters. The van der Waals surface area contributed by atoms with E-state index in [-0.39, 0.29) is 34.8 Å². The van der Waals surface area contributed by atoms with Gasteiger partial charge in [-0.3, -0.25) is 0 Å². The Morgan fingerprint density at radius 1 is 0.667 bits per heavy atom. The predicted molar refractivity (Wildman–Crippen MR) is 148 cm³/mol. The van der Waals surface area contributed by atoms with Crippen LogP contribution in [0.2, 0.25) is 0 Å². The highest BCUT2D eigenvalue weighted by Gasteiger charge is 2.17. The molecule has 0 aromatic heterocycles. The summed E-state index contributed by atoms with van der Waals surface area (Å²) >= 11 is 0. The van der Waals surface area contributed by atoms with Crippen molar-refractivity contribution < 1.29 is 33.0 Å². The molecule has 3 rings (SSSR count). The Labute approximate surface area is 227 Å². The van der Waals surface area contributed by atoms with E-state index in [0.717, 1.165) is 11.1 Å². The van der Waals surface area contributed by atoms with Crippen molar-refractivity contribution in [3.63, 3.8) is 0 Å². The molecule has 0 radical (unpaired) electrons. The number of halogens is 1. The highest BCUT2D eigenvalue weighted by molar-refractivity contribution is 5.91. The summed E-state index contributed by atoms with van der Waals surface area (Å²) in [7, 11) is 0. The molecule has 3 aromatic rings. The third-order valence-electron chi connectivity index (χ3n) is 5.59. The van der Waals surface area contributed by atoms with Gasteiger partial charge >= 0.3 is 17.9 Å². The van der Waals surface area contributed by atoms with E-state index < -0.39 is 23.7 Å². The van der Waals surface area contributed by atoms with Gasteiger partial charge in [-0.15, -0.1) is 0 Å². The van der Waals surface area contributed by atoms with E-state index in [4.69, 9.17) is 14.2 Å². The van der Waals surface area contributed by atoms with Gasteiger partial charge in [0.1, 0.15) is 5.82 Å². The fourth-order valence-corrected chi connectivity index (χ4v) is 3.39. The zero-order valence-corrected chi connectivity index (χ0v) is 22.1. The standard InChI is InChI=1S/C32H29FO6/c1-19(2)30(34)37-16-15-22-7-9-23(10-8-22)24-11-13-26(27(33)17-24)25-12-14-28(38-31(35)20(3)4)29(18-25)39-32(36)21(5)6/h7-14,17-18H,1,3,5,15-16H2,2,4,6H3. The van der Waals surface area contributed by atoms with E-state index in [0.29, 0.717) is 23.1 Å². The molecule has 0 aliphatic heterocycles. The summed E-state index contributed by atoms with van der Waals surface area (Å²) in [5.41, 5.74) is 3.78. The molecule has 3 aromatic carbocycles. The van der Waals surface area contributed by atoms with Crippen molar-refractivity contribution in [2.75, 3.05) is 6.61 Å². The average molecular weight is 529 g/mol. The SMILES string of the molecule is C=C(C)C(=O)OCCc1ccc(-c2ccc(-c3ccc(OC(=O)C(=C)C)c(OC(=O)C(=C)C)c3)c(F)c2)cc1. The van der Waals surface area contributed by atoms with Gasteiger partial charge in [0.2, 0.25) is 0 Å². The maximum absolute atomic E-state index is 15.3. The van der Waals surface area contributed by atoms with Crippen molar-refractivity contribution in [3.8, 4) is 33.8 Å². The topological polar surface area (TPSA) is 78.9 Å². The largest absolute Gasteiger partial charge is 0.462 e. The minimum absolute atomic E-state index is 0.00661. The molecule has 200 valence electrons. The Morgan fingerprint density at radius 2 is 1.21 bits per heavy atom. The Kier molecular flexibility index (Phi) is 9.33. The van der Waals surface area contributed by atoms with Gasteiger partial charge in [0, 0.05) is 28.7 Å². The van der Waals surface area contributed by atoms with E-state index in [1.807, 2.05) is 24.3 Å². The fourth-order valence-electron chi connectivity index (χ4n) is 3.39. The molecule has 7 heteroatoms. The van der Waals surface area contributed by atoms with Gasteiger partial charge in [0.25, 0.3) is 0 Å². The summed E-state index contributed by atoms with van der Waals surface area (Å²) in [4.78, 5) is 35.7. The minimum Gasteiger partial charge on any atom is -0.462 e. The van der Waals surface area contributed by atoms with Crippen LogP contribution in [0.4, 0.5) is 4.39 Å². The third kappa shape index (κ3) is 7.61. The molecule has 0 saturated heterocycles. The zero-order chi connectivity index (χ0) is 28.7. The van der Waals surface area contributed by atoms with Gasteiger partial charge in [-0.25, -0.2) is 18.8 Å². The van der Waals surface area contributed by atoms with Gasteiger partial charge in [-0.2, -0.15) is 0 Å². The molecule has 39 heavy (non-hydrogen) atoms. The highest BCUT2D eigenvalue weighted by atomic mass is 19.1. The monoisotopic (exact) mass is 528 g/mol. The van der Waals surface area contributed by atoms with Gasteiger partial charge in [-0.05, 0) is 61.2 Å². The molecule has 0 saturated carbocycles. The molecule has 0 unspecified atom stereocenters. The Morgan fingerprint density at radius 3 is 1.77 bits per heavy atom. The quantitative estimate of drug-likeness (QED) is 0.164. The second-order valence-corrected chi connectivity index (χ2v) is 9.06. The van der Waals surface area contributed by atoms with Crippen LogP contribution in [0.3, 0.4) is 0 Å². The van der Waals surface area contributed by atoms with Crippen LogP contribution >= 0.6 is 0 Å². The third-order valence-corrected chi connectivity index (χ3v) is 5.59. The predicted octanol–water partition coefficient (Wildman–Crippen LogP) is 6.78. The zero-order valence-electron chi connectivity index (χ0n) is 22.1. The molecule has 0 fully saturated rings. The summed E-state index contributed by atoms with van der Waals surface area (Å²) < 4.78 is 31.0. The van der Waals surface area contributed by atoms with E-state index in [1.54, 1.807) is 25.1 Å². The number of rotatable bonds is 10. The smallest absolute Gasteiger partial charge is 0.338 e. The molecule has 0 N–H and O–H groups in total. The number of carbonyl (C=O) groups excluding carboxylic acids is 3. The lowest BCUT2D eigenvalue weighted by Crippen LogP contribution is -2.12. The van der Waals surface area contributed by atoms with Crippen LogP contribution in [0.15, 0.2) is 97.1 Å². The number of hydrogen-bond acceptors (Lipinski definition) is 6. The first-order valence-electron chi connectivity index (χ1n) is 12.1. The first-order valence-corrected chi connectivity index (χ1v) is 12.1. The average Bonchev–Trinajstić information content (AvgIpc) is 2.89. The van der Waals surface area contributed by atoms with Crippen LogP contribution in [-0.2, 0) is 25.5 Å². The number of carbonyl (C=O) groups is 3. The molecular formula is C32H29FO6. The lowest BCUT2D eigenvalue weighted by Gasteiger charge is -2.13. The van der Waals surface area contributed by atoms with Crippen molar-refractivity contribution >= 4 is 17.9 Å². The first-order chi connectivity index (χ1) is 18.5. The van der Waals surface area contributed by atoms with Crippen LogP contribution in [0.1, 0.15) is 26.3 Å². The second-order valence-electron chi connectivity index (χ2n) is 9.06. The number of esters is 3. The molecule has 0 aliphatic rings. The molecule has 6 nitrogen and oxygen atoms in total. The second kappa shape index (κ2) is 12.6. The Bertz CT molecular complexity index is 1470. The van der Waals surface area contributed by atoms with Crippen molar-refractivity contribution in [1.29, 1.82) is 0 Å². The minimum atomic E-state index is -0.715. The first kappa shape index (κ1) is 28.8. The molecule has 0 bridgehead atoms. The molecule has 0 aliphatic carbocycles. The van der Waals surface area contributed by atoms with Crippen LogP contribution in [0.25, 0.3) is 22.3 Å². The van der Waals surface area contributed by atoms with Gasteiger partial charge in [-0.1, -0.05) is 62.2 Å². The molecular weight excluding hydrogens is 499 g/mol. The lowest BCUT2D eigenvalue weighted by atomic mass is 9.98. The summed E-state index contributed by atoms with van der Waals surface area (Å²) in [6, 6.07) is 16.7. The van der Waals surface area contributed by atoms with Gasteiger partial charge in [0.15, 0.2) is 11.5 Å². The lowest BCUT2D eigenvalue weighted by molar-refractivity contribution is -0.138. The van der Waals surface area contributed by atoms with Crippen LogP contribution in [-0.4, -0.2) is 24.5 Å². The van der Waals surface area contributed by atoms with E-state index in [2.05, 4.69) is 19.7 Å². The van der Waals surface area contributed by atoms with Crippen LogP contribution < -0.4 is 9.47 Å². The normalized spacial score (nSPS) is 10.4. The fraction of sp³-hybridized carbons (Fsp3) is 0.156. The van der Waals surface area contributed by atoms with E-state index in [1.165, 1.54) is 32.0 Å². The summed E-state index contributed by atoms with van der Waals surface area (Å²) in [6.07, 6.45) is 0.544. The maximum atomic E-state index is 15.3. The number of ether oxygens (including phenoxy) is 3. The van der Waals surface area contributed by atoms with Crippen molar-refractivity contribution in [1.82, 2.24) is 0 Å². The Balaban J connectivity index is 1.83. The van der Waals surface area contributed by atoms with Crippen LogP contribution in [0.5, 0.6) is 11.5 Å². The summed E-state index contributed by atoms with van der Waals surface area (Å²) in [5.74, 6) is -2.38.